The molecule has 0 aliphatic carbocycles. The number of halogens is 2. The van der Waals surface area contributed by atoms with Gasteiger partial charge in [0.2, 0.25) is 0 Å². The maximum Gasteiger partial charge on any atom is 0.586 e. The molecule has 35 heavy (non-hydrogen) atoms. The second-order valence-corrected chi connectivity index (χ2v) is 10.2. The van der Waals surface area contributed by atoms with Crippen molar-refractivity contribution in [3.05, 3.63) is 49.1 Å². The van der Waals surface area contributed by atoms with Crippen LogP contribution in [0.4, 0.5) is 8.78 Å². The quantitative estimate of drug-likeness (QED) is 0.458. The summed E-state index contributed by atoms with van der Waals surface area (Å²) >= 11 is 0. The summed E-state index contributed by atoms with van der Waals surface area (Å²) in [5, 5.41) is 4.82. The van der Waals surface area contributed by atoms with Gasteiger partial charge in [0, 0.05) is 60.6 Å². The van der Waals surface area contributed by atoms with Crippen molar-refractivity contribution in [1.29, 1.82) is 0 Å². The number of benzene rings is 1. The Kier molecular flexibility index (Phi) is 4.85. The topological polar surface area (TPSA) is 106 Å². The lowest BCUT2D eigenvalue weighted by Gasteiger charge is -2.31. The van der Waals surface area contributed by atoms with Crippen molar-refractivity contribution in [3.63, 3.8) is 0 Å². The summed E-state index contributed by atoms with van der Waals surface area (Å²) in [6.07, 6.45) is 2.59. The molecule has 2 aliphatic rings. The van der Waals surface area contributed by atoms with Gasteiger partial charge in [-0.05, 0) is 30.8 Å². The summed E-state index contributed by atoms with van der Waals surface area (Å²) in [5.41, 5.74) is 3.17. The number of likely N-dealkylation sites (N-methyl/N-ethyl adjacent to an activating group) is 1. The summed E-state index contributed by atoms with van der Waals surface area (Å²) in [4.78, 5) is 9.57. The molecule has 1 N–H and O–H groups in total. The number of H-pyrrole nitrogens is 1. The molecule has 1 fully saturated rings. The number of alkyl halides is 2. The standard InChI is InChI=1S/C22H20F2N6O4S/c1-28-4-6-29(7-5-28)35(31,32)30-13-16(11-27-30)15-8-17-18(12-26-21(17)25-10-15)14-2-3-19-20(9-14)34-22(23,24)33-19/h2-3,8-13H,4-7H2,1H3,(H,25,26). The van der Waals surface area contributed by atoms with Crippen LogP contribution in [-0.4, -0.2) is 76.3 Å². The summed E-state index contributed by atoms with van der Waals surface area (Å²) in [7, 11) is -1.82. The van der Waals surface area contributed by atoms with Crippen LogP contribution in [0.25, 0.3) is 33.3 Å². The first-order valence-corrected chi connectivity index (χ1v) is 12.2. The summed E-state index contributed by atoms with van der Waals surface area (Å²) in [5.74, 6) is -0.0901. The Morgan fingerprint density at radius 1 is 1.00 bits per heavy atom. The molecule has 10 nitrogen and oxygen atoms in total. The predicted molar refractivity (Wildman–Crippen MR) is 122 cm³/mol. The van der Waals surface area contributed by atoms with Crippen molar-refractivity contribution in [2.45, 2.75) is 6.29 Å². The molecular formula is C22H20F2N6O4S. The van der Waals surface area contributed by atoms with E-state index < -0.39 is 16.5 Å². The van der Waals surface area contributed by atoms with Crippen molar-refractivity contribution in [3.8, 4) is 33.8 Å². The molecule has 3 aromatic heterocycles. The number of hydrogen-bond donors (Lipinski definition) is 1. The summed E-state index contributed by atoms with van der Waals surface area (Å²) in [6, 6.07) is 6.40. The van der Waals surface area contributed by atoms with Crippen LogP contribution in [0, 0.1) is 0 Å². The second-order valence-electron chi connectivity index (χ2n) is 8.46. The van der Waals surface area contributed by atoms with Gasteiger partial charge in [0.1, 0.15) is 5.65 Å². The van der Waals surface area contributed by atoms with Gasteiger partial charge in [-0.15, -0.1) is 8.78 Å². The Bertz CT molecular complexity index is 1540. The average molecular weight is 503 g/mol. The van der Waals surface area contributed by atoms with E-state index in [-0.39, 0.29) is 11.5 Å². The molecule has 0 atom stereocenters. The van der Waals surface area contributed by atoms with Crippen LogP contribution >= 0.6 is 0 Å². The van der Waals surface area contributed by atoms with Crippen molar-refractivity contribution in [2.24, 2.45) is 0 Å². The molecule has 0 spiro atoms. The summed E-state index contributed by atoms with van der Waals surface area (Å²) in [6.45, 7) is 2.11. The zero-order valence-corrected chi connectivity index (χ0v) is 19.3. The zero-order valence-electron chi connectivity index (χ0n) is 18.5. The lowest BCUT2D eigenvalue weighted by molar-refractivity contribution is -0.286. The van der Waals surface area contributed by atoms with E-state index in [9.17, 15) is 17.2 Å². The Hall–Kier alpha value is -3.55. The third-order valence-electron chi connectivity index (χ3n) is 6.16. The molecule has 13 heteroatoms. The van der Waals surface area contributed by atoms with Crippen molar-refractivity contribution >= 4 is 21.2 Å². The smallest absolute Gasteiger partial charge is 0.395 e. The number of nitrogens with zero attached hydrogens (tertiary/aromatic N) is 5. The molecule has 5 heterocycles. The van der Waals surface area contributed by atoms with Crippen molar-refractivity contribution < 1.29 is 26.7 Å². The van der Waals surface area contributed by atoms with E-state index >= 15 is 0 Å². The van der Waals surface area contributed by atoms with Crippen LogP contribution in [0.5, 0.6) is 11.5 Å². The van der Waals surface area contributed by atoms with Crippen molar-refractivity contribution in [1.82, 2.24) is 28.4 Å². The Labute approximate surface area is 198 Å². The Morgan fingerprint density at radius 2 is 1.77 bits per heavy atom. The minimum absolute atomic E-state index is 0.0358. The number of pyridine rings is 1. The van der Waals surface area contributed by atoms with Gasteiger partial charge in [0.05, 0.1) is 12.4 Å². The van der Waals surface area contributed by atoms with Gasteiger partial charge < -0.3 is 19.4 Å². The van der Waals surface area contributed by atoms with Crippen LogP contribution in [0.2, 0.25) is 0 Å². The number of hydrogen-bond acceptors (Lipinski definition) is 7. The second kappa shape index (κ2) is 7.73. The number of aromatic amines is 1. The largest absolute Gasteiger partial charge is 0.586 e. The van der Waals surface area contributed by atoms with Gasteiger partial charge in [-0.3, -0.25) is 0 Å². The van der Waals surface area contributed by atoms with E-state index in [0.717, 1.165) is 9.47 Å². The van der Waals surface area contributed by atoms with Gasteiger partial charge in [-0.2, -0.15) is 21.9 Å². The number of ether oxygens (including phenoxy) is 2. The highest BCUT2D eigenvalue weighted by Crippen LogP contribution is 2.43. The van der Waals surface area contributed by atoms with E-state index in [1.807, 2.05) is 13.1 Å². The monoisotopic (exact) mass is 502 g/mol. The average Bonchev–Trinajstić information content (AvgIpc) is 3.54. The number of piperazine rings is 1. The molecule has 0 radical (unpaired) electrons. The van der Waals surface area contributed by atoms with Crippen LogP contribution < -0.4 is 9.47 Å². The van der Waals surface area contributed by atoms with E-state index in [2.05, 4.69) is 29.4 Å². The SMILES string of the molecule is CN1CCN(S(=O)(=O)n2cc(-c3cnc4[nH]cc(-c5ccc6c(c5)OC(F)(F)O6)c4c3)cn2)CC1. The van der Waals surface area contributed by atoms with Crippen LogP contribution in [0.3, 0.4) is 0 Å². The summed E-state index contributed by atoms with van der Waals surface area (Å²) < 4.78 is 64.3. The molecule has 6 rings (SSSR count). The highest BCUT2D eigenvalue weighted by molar-refractivity contribution is 7.87. The van der Waals surface area contributed by atoms with Crippen LogP contribution in [0.15, 0.2) is 49.1 Å². The highest BCUT2D eigenvalue weighted by Gasteiger charge is 2.43. The van der Waals surface area contributed by atoms with Gasteiger partial charge in [0.25, 0.3) is 0 Å². The van der Waals surface area contributed by atoms with E-state index in [4.69, 9.17) is 0 Å². The minimum Gasteiger partial charge on any atom is -0.395 e. The highest BCUT2D eigenvalue weighted by atomic mass is 32.2. The lowest BCUT2D eigenvalue weighted by Crippen LogP contribution is -2.48. The third-order valence-corrected chi connectivity index (χ3v) is 7.85. The molecule has 2 aliphatic heterocycles. The Morgan fingerprint density at radius 3 is 2.57 bits per heavy atom. The van der Waals surface area contributed by atoms with Crippen LogP contribution in [0.1, 0.15) is 0 Å². The molecule has 0 bridgehead atoms. The fourth-order valence-electron chi connectivity index (χ4n) is 4.23. The van der Waals surface area contributed by atoms with Gasteiger partial charge in [-0.1, -0.05) is 6.07 Å². The minimum atomic E-state index is -3.77. The van der Waals surface area contributed by atoms with Crippen LogP contribution in [-0.2, 0) is 10.2 Å². The first-order valence-electron chi connectivity index (χ1n) is 10.8. The number of nitrogens with one attached hydrogen (secondary N) is 1. The maximum atomic E-state index is 13.4. The normalized spacial score (nSPS) is 18.4. The first-order chi connectivity index (χ1) is 16.7. The number of aromatic nitrogens is 4. The molecular weight excluding hydrogens is 482 g/mol. The molecule has 182 valence electrons. The van der Waals surface area contributed by atoms with Gasteiger partial charge in [-0.25, -0.2) is 4.98 Å². The molecule has 0 saturated carbocycles. The fourth-order valence-corrected chi connectivity index (χ4v) is 5.51. The van der Waals surface area contributed by atoms with Gasteiger partial charge >= 0.3 is 16.5 Å². The predicted octanol–water partition coefficient (Wildman–Crippen LogP) is 2.76. The van der Waals surface area contributed by atoms with E-state index in [1.165, 1.54) is 28.8 Å². The maximum absolute atomic E-state index is 13.4. The lowest BCUT2D eigenvalue weighted by atomic mass is 10.0. The number of rotatable bonds is 4. The van der Waals surface area contributed by atoms with E-state index in [1.54, 1.807) is 18.5 Å². The van der Waals surface area contributed by atoms with E-state index in [0.29, 0.717) is 54.1 Å². The first kappa shape index (κ1) is 21.9. The molecule has 0 unspecified atom stereocenters. The molecule has 1 saturated heterocycles. The zero-order chi connectivity index (χ0) is 24.4. The molecule has 0 amide bonds. The number of fused-ring (bicyclic) bond motifs is 2. The molecule has 4 aromatic rings. The third kappa shape index (κ3) is 3.81. The fraction of sp³-hybridized carbons (Fsp3) is 0.273. The molecule has 1 aromatic carbocycles. The van der Waals surface area contributed by atoms with Crippen molar-refractivity contribution in [2.75, 3.05) is 33.2 Å². The van der Waals surface area contributed by atoms with Gasteiger partial charge in [0.15, 0.2) is 11.5 Å². The Balaban J connectivity index is 1.33.